The molecule has 2 aromatic heterocycles. The summed E-state index contributed by atoms with van der Waals surface area (Å²) in [6.45, 7) is 4.56. The van der Waals surface area contributed by atoms with Gasteiger partial charge in [0.1, 0.15) is 11.5 Å². The zero-order valence-electron chi connectivity index (χ0n) is 18.3. The number of amides is 1. The number of rotatable bonds is 10. The van der Waals surface area contributed by atoms with Crippen molar-refractivity contribution in [3.8, 4) is 0 Å². The van der Waals surface area contributed by atoms with Gasteiger partial charge in [0.2, 0.25) is 5.91 Å². The van der Waals surface area contributed by atoms with E-state index < -0.39 is 11.2 Å². The number of likely N-dealkylation sites (N-methyl/N-ethyl adjacent to an activating group) is 1. The van der Waals surface area contributed by atoms with E-state index in [2.05, 4.69) is 10.3 Å². The van der Waals surface area contributed by atoms with Gasteiger partial charge in [-0.15, -0.1) is 11.3 Å². The Morgan fingerprint density at radius 1 is 1.19 bits per heavy atom. The molecule has 2 heterocycles. The standard InChI is InChI=1S/C23H29N5O3S/c1-3-5-13-28-21(24)20(22(30)26-23(28)31)27(4-2)15-18(29)25-19(17-12-9-14-32-17)16-10-7-6-8-11-16/h6-12,14,19H,3-5,13,15,24H2,1-2H3,(H,25,29)(H,26,30,31). The quantitative estimate of drug-likeness (QED) is 0.435. The van der Waals surface area contributed by atoms with E-state index in [0.29, 0.717) is 13.1 Å². The zero-order valence-corrected chi connectivity index (χ0v) is 19.2. The fourth-order valence-corrected chi connectivity index (χ4v) is 4.37. The highest BCUT2D eigenvalue weighted by atomic mass is 32.1. The maximum atomic E-state index is 13.0. The van der Waals surface area contributed by atoms with Gasteiger partial charge in [0.25, 0.3) is 5.56 Å². The van der Waals surface area contributed by atoms with Gasteiger partial charge in [0.05, 0.1) is 12.6 Å². The summed E-state index contributed by atoms with van der Waals surface area (Å²) >= 11 is 1.56. The van der Waals surface area contributed by atoms with E-state index in [-0.39, 0.29) is 30.0 Å². The largest absolute Gasteiger partial charge is 0.383 e. The molecule has 1 atom stereocenters. The van der Waals surface area contributed by atoms with Crippen molar-refractivity contribution in [1.82, 2.24) is 14.9 Å². The molecule has 170 valence electrons. The molecule has 0 radical (unpaired) electrons. The lowest BCUT2D eigenvalue weighted by Gasteiger charge is -2.26. The van der Waals surface area contributed by atoms with Gasteiger partial charge in [-0.1, -0.05) is 49.7 Å². The molecule has 0 fully saturated rings. The first kappa shape index (κ1) is 23.3. The smallest absolute Gasteiger partial charge is 0.330 e. The minimum absolute atomic E-state index is 0.0650. The van der Waals surface area contributed by atoms with Crippen LogP contribution in [0.3, 0.4) is 0 Å². The predicted octanol–water partition coefficient (Wildman–Crippen LogP) is 2.71. The summed E-state index contributed by atoms with van der Waals surface area (Å²) < 4.78 is 1.36. The van der Waals surface area contributed by atoms with Crippen LogP contribution in [0.2, 0.25) is 0 Å². The van der Waals surface area contributed by atoms with Gasteiger partial charge in [0.15, 0.2) is 0 Å². The Morgan fingerprint density at radius 3 is 2.56 bits per heavy atom. The average molecular weight is 456 g/mol. The van der Waals surface area contributed by atoms with Crippen molar-refractivity contribution in [2.24, 2.45) is 0 Å². The molecule has 1 unspecified atom stereocenters. The second-order valence-corrected chi connectivity index (χ2v) is 8.42. The van der Waals surface area contributed by atoms with Crippen molar-refractivity contribution >= 4 is 28.7 Å². The highest BCUT2D eigenvalue weighted by Gasteiger charge is 2.23. The Kier molecular flexibility index (Phi) is 7.88. The van der Waals surface area contributed by atoms with E-state index in [1.165, 1.54) is 4.57 Å². The van der Waals surface area contributed by atoms with E-state index in [0.717, 1.165) is 23.3 Å². The van der Waals surface area contributed by atoms with Crippen molar-refractivity contribution < 1.29 is 4.79 Å². The molecule has 0 saturated carbocycles. The molecule has 32 heavy (non-hydrogen) atoms. The minimum atomic E-state index is -0.590. The highest BCUT2D eigenvalue weighted by Crippen LogP contribution is 2.26. The van der Waals surface area contributed by atoms with Crippen LogP contribution in [0.15, 0.2) is 57.4 Å². The summed E-state index contributed by atoms with van der Waals surface area (Å²) in [7, 11) is 0. The number of unbranched alkanes of at least 4 members (excludes halogenated alkanes) is 1. The molecule has 1 aromatic carbocycles. The van der Waals surface area contributed by atoms with E-state index >= 15 is 0 Å². The van der Waals surface area contributed by atoms with Crippen LogP contribution in [0.5, 0.6) is 0 Å². The van der Waals surface area contributed by atoms with Crippen LogP contribution in [-0.2, 0) is 11.3 Å². The number of anilines is 2. The molecule has 3 rings (SSSR count). The number of hydrogen-bond acceptors (Lipinski definition) is 6. The fourth-order valence-electron chi connectivity index (χ4n) is 3.57. The molecule has 1 amide bonds. The summed E-state index contributed by atoms with van der Waals surface area (Å²) in [6, 6.07) is 13.4. The Hall–Kier alpha value is -3.33. The maximum absolute atomic E-state index is 13.0. The first-order valence-corrected chi connectivity index (χ1v) is 11.6. The fraction of sp³-hybridized carbons (Fsp3) is 0.348. The third-order valence-electron chi connectivity index (χ3n) is 5.25. The number of hydrogen-bond donors (Lipinski definition) is 3. The number of H-pyrrole nitrogens is 1. The molecule has 9 heteroatoms. The monoisotopic (exact) mass is 455 g/mol. The highest BCUT2D eigenvalue weighted by molar-refractivity contribution is 7.10. The van der Waals surface area contributed by atoms with Crippen molar-refractivity contribution in [3.63, 3.8) is 0 Å². The molecule has 0 bridgehead atoms. The van der Waals surface area contributed by atoms with Crippen LogP contribution in [0.25, 0.3) is 0 Å². The lowest BCUT2D eigenvalue weighted by atomic mass is 10.1. The van der Waals surface area contributed by atoms with Gasteiger partial charge in [-0.05, 0) is 30.4 Å². The number of aromatic amines is 1. The molecule has 0 spiro atoms. The number of thiophene rings is 1. The molecule has 4 N–H and O–H groups in total. The number of nitrogens with one attached hydrogen (secondary N) is 2. The Balaban J connectivity index is 1.86. The predicted molar refractivity (Wildman–Crippen MR) is 129 cm³/mol. The minimum Gasteiger partial charge on any atom is -0.383 e. The van der Waals surface area contributed by atoms with Crippen LogP contribution >= 0.6 is 11.3 Å². The van der Waals surface area contributed by atoms with Crippen molar-refractivity contribution in [1.29, 1.82) is 0 Å². The summed E-state index contributed by atoms with van der Waals surface area (Å²) in [5, 5.41) is 5.05. The molecule has 8 nitrogen and oxygen atoms in total. The maximum Gasteiger partial charge on any atom is 0.330 e. The normalized spacial score (nSPS) is 11.8. The Morgan fingerprint density at radius 2 is 1.94 bits per heavy atom. The van der Waals surface area contributed by atoms with Crippen LogP contribution in [-0.4, -0.2) is 28.5 Å². The van der Waals surface area contributed by atoms with E-state index in [1.54, 1.807) is 16.2 Å². The van der Waals surface area contributed by atoms with Gasteiger partial charge in [-0.3, -0.25) is 19.1 Å². The van der Waals surface area contributed by atoms with Crippen LogP contribution < -0.4 is 27.2 Å². The summed E-state index contributed by atoms with van der Waals surface area (Å²) in [4.78, 5) is 42.8. The van der Waals surface area contributed by atoms with Gasteiger partial charge < -0.3 is 16.0 Å². The first-order chi connectivity index (χ1) is 15.5. The number of carbonyl (C=O) groups excluding carboxylic acids is 1. The lowest BCUT2D eigenvalue weighted by Crippen LogP contribution is -2.43. The first-order valence-electron chi connectivity index (χ1n) is 10.7. The second-order valence-electron chi connectivity index (χ2n) is 7.44. The Labute approximate surface area is 190 Å². The van der Waals surface area contributed by atoms with Gasteiger partial charge in [0, 0.05) is 18.0 Å². The summed E-state index contributed by atoms with van der Waals surface area (Å²) in [5.74, 6) is -0.168. The van der Waals surface area contributed by atoms with Crippen molar-refractivity contribution in [3.05, 3.63) is 79.1 Å². The lowest BCUT2D eigenvalue weighted by molar-refractivity contribution is -0.120. The molecule has 0 saturated heterocycles. The third kappa shape index (κ3) is 5.28. The summed E-state index contributed by atoms with van der Waals surface area (Å²) in [5.41, 5.74) is 6.21. The Bertz CT molecular complexity index is 1140. The van der Waals surface area contributed by atoms with Crippen LogP contribution in [0.4, 0.5) is 11.5 Å². The number of nitrogens with zero attached hydrogens (tertiary/aromatic N) is 2. The topological polar surface area (TPSA) is 113 Å². The van der Waals surface area contributed by atoms with Crippen molar-refractivity contribution in [2.75, 3.05) is 23.7 Å². The van der Waals surface area contributed by atoms with E-state index in [9.17, 15) is 14.4 Å². The van der Waals surface area contributed by atoms with E-state index in [4.69, 9.17) is 5.73 Å². The second kappa shape index (κ2) is 10.8. The SMILES string of the molecule is CCCCn1c(N)c(N(CC)CC(=O)NC(c2ccccc2)c2cccs2)c(=O)[nH]c1=O. The zero-order chi connectivity index (χ0) is 23.1. The molecule has 3 aromatic rings. The molecular formula is C23H29N5O3S. The molecule has 0 aliphatic heterocycles. The molecule has 0 aliphatic carbocycles. The van der Waals surface area contributed by atoms with Gasteiger partial charge in [-0.25, -0.2) is 4.79 Å². The molecule has 0 aliphatic rings. The van der Waals surface area contributed by atoms with Gasteiger partial charge in [-0.2, -0.15) is 0 Å². The van der Waals surface area contributed by atoms with Crippen molar-refractivity contribution in [2.45, 2.75) is 39.3 Å². The summed E-state index contributed by atoms with van der Waals surface area (Å²) in [6.07, 6.45) is 1.63. The number of aromatic nitrogens is 2. The number of nitrogen functional groups attached to an aromatic ring is 1. The molecular weight excluding hydrogens is 426 g/mol. The average Bonchev–Trinajstić information content (AvgIpc) is 3.31. The number of benzene rings is 1. The number of carbonyl (C=O) groups is 1. The van der Waals surface area contributed by atoms with Gasteiger partial charge >= 0.3 is 5.69 Å². The third-order valence-corrected chi connectivity index (χ3v) is 6.18. The van der Waals surface area contributed by atoms with E-state index in [1.807, 2.05) is 61.7 Å². The van der Waals surface area contributed by atoms with Crippen LogP contribution in [0.1, 0.15) is 43.2 Å². The van der Waals surface area contributed by atoms with Crippen LogP contribution in [0, 0.1) is 0 Å². The number of nitrogens with two attached hydrogens (primary N) is 1.